The molecular weight excluding hydrogens is 168 g/mol. The number of ether oxygens (including phenoxy) is 1. The first kappa shape index (κ1) is 12.4. The van der Waals surface area contributed by atoms with Gasteiger partial charge in [-0.1, -0.05) is 13.8 Å². The lowest BCUT2D eigenvalue weighted by atomic mass is 10.0. The van der Waals surface area contributed by atoms with Gasteiger partial charge in [0, 0.05) is 13.2 Å². The quantitative estimate of drug-likeness (QED) is 0.644. The minimum Gasteiger partial charge on any atom is -0.383 e. The summed E-state index contributed by atoms with van der Waals surface area (Å²) in [6.45, 7) is 6.24. The Morgan fingerprint density at radius 1 is 1.46 bits per heavy atom. The molecular formula is C9H20N2O2. The Kier molecular flexibility index (Phi) is 5.66. The Bertz CT molecular complexity index is 160. The van der Waals surface area contributed by atoms with Crippen molar-refractivity contribution in [3.63, 3.8) is 0 Å². The Morgan fingerprint density at radius 3 is 2.38 bits per heavy atom. The van der Waals surface area contributed by atoms with E-state index in [1.165, 1.54) is 0 Å². The van der Waals surface area contributed by atoms with Crippen LogP contribution in [0.5, 0.6) is 0 Å². The van der Waals surface area contributed by atoms with Gasteiger partial charge < -0.3 is 15.8 Å². The third-order valence-corrected chi connectivity index (χ3v) is 1.83. The highest BCUT2D eigenvalue weighted by atomic mass is 16.5. The maximum absolute atomic E-state index is 11.4. The van der Waals surface area contributed by atoms with Crippen LogP contribution in [-0.2, 0) is 9.53 Å². The molecule has 4 heteroatoms. The SMILES string of the molecule is COCC(C)NC(=O)[C@H](N)C(C)C. The van der Waals surface area contributed by atoms with E-state index in [9.17, 15) is 4.79 Å². The third kappa shape index (κ3) is 4.85. The summed E-state index contributed by atoms with van der Waals surface area (Å²) >= 11 is 0. The van der Waals surface area contributed by atoms with Crippen LogP contribution in [0.1, 0.15) is 20.8 Å². The van der Waals surface area contributed by atoms with Gasteiger partial charge in [-0.2, -0.15) is 0 Å². The molecule has 0 fully saturated rings. The van der Waals surface area contributed by atoms with Crippen molar-refractivity contribution in [3.05, 3.63) is 0 Å². The summed E-state index contributed by atoms with van der Waals surface area (Å²) in [5.74, 6) is 0.0503. The van der Waals surface area contributed by atoms with Gasteiger partial charge in [0.2, 0.25) is 5.91 Å². The van der Waals surface area contributed by atoms with Crippen molar-refractivity contribution in [2.75, 3.05) is 13.7 Å². The lowest BCUT2D eigenvalue weighted by molar-refractivity contribution is -0.124. The predicted molar refractivity (Wildman–Crippen MR) is 52.3 cm³/mol. The van der Waals surface area contributed by atoms with E-state index in [1.807, 2.05) is 20.8 Å². The van der Waals surface area contributed by atoms with Crippen LogP contribution in [0.4, 0.5) is 0 Å². The number of nitrogens with two attached hydrogens (primary N) is 1. The zero-order chi connectivity index (χ0) is 10.4. The molecule has 78 valence electrons. The Morgan fingerprint density at radius 2 is 2.00 bits per heavy atom. The average molecular weight is 188 g/mol. The average Bonchev–Trinajstić information content (AvgIpc) is 2.03. The Labute approximate surface area is 79.8 Å². The minimum absolute atomic E-state index is 0.0160. The van der Waals surface area contributed by atoms with Crippen molar-refractivity contribution in [2.45, 2.75) is 32.9 Å². The van der Waals surface area contributed by atoms with Gasteiger partial charge in [0.1, 0.15) is 0 Å². The number of amides is 1. The molecule has 4 nitrogen and oxygen atoms in total. The molecule has 0 aromatic rings. The van der Waals surface area contributed by atoms with Crippen LogP contribution in [-0.4, -0.2) is 31.7 Å². The molecule has 0 aliphatic carbocycles. The lowest BCUT2D eigenvalue weighted by Crippen LogP contribution is -2.48. The maximum atomic E-state index is 11.4. The molecule has 0 bridgehead atoms. The zero-order valence-corrected chi connectivity index (χ0v) is 8.83. The molecule has 0 saturated heterocycles. The van der Waals surface area contributed by atoms with Crippen LogP contribution in [0.25, 0.3) is 0 Å². The van der Waals surface area contributed by atoms with Crippen molar-refractivity contribution in [3.8, 4) is 0 Å². The van der Waals surface area contributed by atoms with Crippen LogP contribution in [0.3, 0.4) is 0 Å². The highest BCUT2D eigenvalue weighted by Crippen LogP contribution is 1.98. The number of carbonyl (C=O) groups is 1. The second-order valence-electron chi connectivity index (χ2n) is 3.63. The van der Waals surface area contributed by atoms with Crippen molar-refractivity contribution in [1.82, 2.24) is 5.32 Å². The first-order valence-electron chi connectivity index (χ1n) is 4.54. The number of nitrogens with one attached hydrogen (secondary N) is 1. The van der Waals surface area contributed by atoms with Crippen LogP contribution < -0.4 is 11.1 Å². The molecule has 0 aromatic heterocycles. The fourth-order valence-electron chi connectivity index (χ4n) is 0.933. The molecule has 1 unspecified atom stereocenters. The summed E-state index contributed by atoms with van der Waals surface area (Å²) in [4.78, 5) is 11.4. The van der Waals surface area contributed by atoms with Crippen molar-refractivity contribution in [1.29, 1.82) is 0 Å². The van der Waals surface area contributed by atoms with Gasteiger partial charge in [0.25, 0.3) is 0 Å². The molecule has 0 spiro atoms. The normalized spacial score (nSPS) is 15.5. The number of hydrogen-bond donors (Lipinski definition) is 2. The van der Waals surface area contributed by atoms with E-state index in [4.69, 9.17) is 10.5 Å². The van der Waals surface area contributed by atoms with E-state index in [2.05, 4.69) is 5.32 Å². The van der Waals surface area contributed by atoms with Gasteiger partial charge in [-0.3, -0.25) is 4.79 Å². The summed E-state index contributed by atoms with van der Waals surface area (Å²) in [5.41, 5.74) is 5.65. The van der Waals surface area contributed by atoms with Gasteiger partial charge in [0.15, 0.2) is 0 Å². The van der Waals surface area contributed by atoms with Gasteiger partial charge >= 0.3 is 0 Å². The molecule has 0 aliphatic heterocycles. The molecule has 0 heterocycles. The second kappa shape index (κ2) is 5.94. The van der Waals surface area contributed by atoms with E-state index in [0.717, 1.165) is 0 Å². The molecule has 0 rings (SSSR count). The maximum Gasteiger partial charge on any atom is 0.237 e. The largest absolute Gasteiger partial charge is 0.383 e. The molecule has 0 saturated carbocycles. The zero-order valence-electron chi connectivity index (χ0n) is 8.83. The number of carbonyl (C=O) groups excluding carboxylic acids is 1. The van der Waals surface area contributed by atoms with Crippen LogP contribution in [0, 0.1) is 5.92 Å². The molecule has 1 amide bonds. The highest BCUT2D eigenvalue weighted by Gasteiger charge is 2.18. The number of rotatable bonds is 5. The Hall–Kier alpha value is -0.610. The standard InChI is InChI=1S/C9H20N2O2/c1-6(2)8(10)9(12)11-7(3)5-13-4/h6-8H,5,10H2,1-4H3,(H,11,12)/t7?,8-/m1/s1. The smallest absolute Gasteiger partial charge is 0.237 e. The summed E-state index contributed by atoms with van der Waals surface area (Å²) in [6, 6.07) is -0.415. The summed E-state index contributed by atoms with van der Waals surface area (Å²) in [7, 11) is 1.60. The van der Waals surface area contributed by atoms with Crippen molar-refractivity contribution < 1.29 is 9.53 Å². The van der Waals surface area contributed by atoms with Gasteiger partial charge in [-0.15, -0.1) is 0 Å². The van der Waals surface area contributed by atoms with Crippen LogP contribution in [0.15, 0.2) is 0 Å². The van der Waals surface area contributed by atoms with E-state index >= 15 is 0 Å². The predicted octanol–water partition coefficient (Wildman–Crippen LogP) is 0.121. The van der Waals surface area contributed by atoms with Crippen molar-refractivity contribution in [2.24, 2.45) is 11.7 Å². The minimum atomic E-state index is -0.431. The van der Waals surface area contributed by atoms with Gasteiger partial charge in [-0.25, -0.2) is 0 Å². The van der Waals surface area contributed by atoms with E-state index < -0.39 is 6.04 Å². The molecule has 0 radical (unpaired) electrons. The first-order chi connectivity index (χ1) is 5.99. The molecule has 0 aromatic carbocycles. The van der Waals surface area contributed by atoms with E-state index in [-0.39, 0.29) is 17.9 Å². The summed E-state index contributed by atoms with van der Waals surface area (Å²) < 4.78 is 4.89. The molecule has 0 aliphatic rings. The monoisotopic (exact) mass is 188 g/mol. The van der Waals surface area contributed by atoms with Crippen molar-refractivity contribution >= 4 is 5.91 Å². The second-order valence-corrected chi connectivity index (χ2v) is 3.63. The summed E-state index contributed by atoms with van der Waals surface area (Å²) in [6.07, 6.45) is 0. The van der Waals surface area contributed by atoms with Gasteiger partial charge in [-0.05, 0) is 12.8 Å². The number of hydrogen-bond acceptors (Lipinski definition) is 3. The van der Waals surface area contributed by atoms with Crippen LogP contribution in [0.2, 0.25) is 0 Å². The molecule has 2 atom stereocenters. The highest BCUT2D eigenvalue weighted by molar-refractivity contribution is 5.81. The van der Waals surface area contributed by atoms with Crippen LogP contribution >= 0.6 is 0 Å². The van der Waals surface area contributed by atoms with Gasteiger partial charge in [0.05, 0.1) is 12.6 Å². The first-order valence-corrected chi connectivity index (χ1v) is 4.54. The number of methoxy groups -OCH3 is 1. The lowest BCUT2D eigenvalue weighted by Gasteiger charge is -2.18. The molecule has 3 N–H and O–H groups in total. The topological polar surface area (TPSA) is 64.3 Å². The molecule has 13 heavy (non-hydrogen) atoms. The fraction of sp³-hybridized carbons (Fsp3) is 0.889. The third-order valence-electron chi connectivity index (χ3n) is 1.83. The fourth-order valence-corrected chi connectivity index (χ4v) is 0.933. The summed E-state index contributed by atoms with van der Waals surface area (Å²) in [5, 5.41) is 2.77. The Balaban J connectivity index is 3.85. The van der Waals surface area contributed by atoms with E-state index in [0.29, 0.717) is 6.61 Å². The van der Waals surface area contributed by atoms with E-state index in [1.54, 1.807) is 7.11 Å².